The van der Waals surface area contributed by atoms with Crippen molar-refractivity contribution in [1.82, 2.24) is 10.2 Å². The number of likely N-dealkylation sites (tertiary alicyclic amines) is 1. The van der Waals surface area contributed by atoms with Gasteiger partial charge in [-0.3, -0.25) is 9.79 Å². The van der Waals surface area contributed by atoms with Crippen molar-refractivity contribution in [3.8, 4) is 0 Å². The minimum absolute atomic E-state index is 0.00171. The second-order valence-corrected chi connectivity index (χ2v) is 6.99. The molecule has 1 aromatic rings. The Bertz CT molecular complexity index is 572. The van der Waals surface area contributed by atoms with Crippen molar-refractivity contribution < 1.29 is 13.9 Å². The van der Waals surface area contributed by atoms with Gasteiger partial charge in [-0.2, -0.15) is 0 Å². The summed E-state index contributed by atoms with van der Waals surface area (Å²) in [7, 11) is 1.44. The van der Waals surface area contributed by atoms with Gasteiger partial charge in [0, 0.05) is 30.3 Å². The summed E-state index contributed by atoms with van der Waals surface area (Å²) >= 11 is 1.66. The molecular formula is C18H26FN3O2S. The number of methoxy groups -OCH3 is 1. The highest BCUT2D eigenvalue weighted by atomic mass is 32.2. The molecule has 0 atom stereocenters. The molecule has 1 saturated heterocycles. The number of guanidine groups is 1. The number of nitrogens with zero attached hydrogens (tertiary/aromatic N) is 2. The molecule has 0 unspecified atom stereocenters. The Morgan fingerprint density at radius 2 is 2.04 bits per heavy atom. The van der Waals surface area contributed by atoms with Gasteiger partial charge in [-0.25, -0.2) is 4.39 Å². The van der Waals surface area contributed by atoms with E-state index in [1.54, 1.807) is 23.9 Å². The van der Waals surface area contributed by atoms with Gasteiger partial charge >= 0.3 is 5.97 Å². The smallest absolute Gasteiger partial charge is 0.308 e. The molecule has 0 radical (unpaired) electrons. The molecule has 1 heterocycles. The first-order valence-electron chi connectivity index (χ1n) is 8.63. The summed E-state index contributed by atoms with van der Waals surface area (Å²) in [5.41, 5.74) is 0. The van der Waals surface area contributed by atoms with Gasteiger partial charge in [0.15, 0.2) is 5.96 Å². The Labute approximate surface area is 153 Å². The number of nitrogens with one attached hydrogen (secondary N) is 1. The monoisotopic (exact) mass is 367 g/mol. The fraction of sp³-hybridized carbons (Fsp3) is 0.556. The van der Waals surface area contributed by atoms with E-state index in [1.165, 1.54) is 19.2 Å². The number of carbonyl (C=O) groups is 1. The third kappa shape index (κ3) is 6.23. The van der Waals surface area contributed by atoms with Crippen LogP contribution in [0, 0.1) is 11.7 Å². The van der Waals surface area contributed by atoms with Crippen molar-refractivity contribution in [2.75, 3.05) is 39.0 Å². The molecule has 1 aliphatic rings. The molecule has 0 spiro atoms. The largest absolute Gasteiger partial charge is 0.469 e. The summed E-state index contributed by atoms with van der Waals surface area (Å²) < 4.78 is 17.7. The van der Waals surface area contributed by atoms with Crippen LogP contribution in [-0.4, -0.2) is 55.9 Å². The SMILES string of the molecule is CCNC(=NCCSc1ccc(F)cc1)N1CCC(C(=O)OC)CC1. The zero-order valence-electron chi connectivity index (χ0n) is 14.8. The molecule has 0 saturated carbocycles. The molecule has 5 nitrogen and oxygen atoms in total. The summed E-state index contributed by atoms with van der Waals surface area (Å²) in [5.74, 6) is 1.40. The highest BCUT2D eigenvalue weighted by Gasteiger charge is 2.26. The molecule has 1 N–H and O–H groups in total. The van der Waals surface area contributed by atoms with Crippen LogP contribution in [0.3, 0.4) is 0 Å². The molecule has 0 aliphatic carbocycles. The van der Waals surface area contributed by atoms with Crippen molar-refractivity contribution in [3.63, 3.8) is 0 Å². The molecule has 25 heavy (non-hydrogen) atoms. The lowest BCUT2D eigenvalue weighted by Crippen LogP contribution is -2.46. The van der Waals surface area contributed by atoms with Gasteiger partial charge < -0.3 is 15.0 Å². The van der Waals surface area contributed by atoms with Gasteiger partial charge in [0.25, 0.3) is 0 Å². The summed E-state index contributed by atoms with van der Waals surface area (Å²) in [6.07, 6.45) is 1.59. The van der Waals surface area contributed by atoms with Gasteiger partial charge in [-0.15, -0.1) is 11.8 Å². The van der Waals surface area contributed by atoms with E-state index in [4.69, 9.17) is 4.74 Å². The Balaban J connectivity index is 1.82. The molecule has 1 aliphatic heterocycles. The number of benzene rings is 1. The van der Waals surface area contributed by atoms with Gasteiger partial charge in [0.05, 0.1) is 19.6 Å². The summed E-state index contributed by atoms with van der Waals surface area (Å²) in [6, 6.07) is 6.52. The second-order valence-electron chi connectivity index (χ2n) is 5.82. The Kier molecular flexibility index (Phi) is 8.04. The second kappa shape index (κ2) is 10.3. The number of carbonyl (C=O) groups excluding carboxylic acids is 1. The molecule has 1 fully saturated rings. The van der Waals surface area contributed by atoms with E-state index in [0.29, 0.717) is 6.54 Å². The number of ether oxygens (including phenoxy) is 1. The van der Waals surface area contributed by atoms with E-state index in [1.807, 2.05) is 6.92 Å². The van der Waals surface area contributed by atoms with Crippen molar-refractivity contribution >= 4 is 23.7 Å². The lowest BCUT2D eigenvalue weighted by molar-refractivity contribution is -0.146. The summed E-state index contributed by atoms with van der Waals surface area (Å²) in [6.45, 7) is 5.14. The molecule has 138 valence electrons. The molecular weight excluding hydrogens is 341 g/mol. The van der Waals surface area contributed by atoms with E-state index in [-0.39, 0.29) is 17.7 Å². The number of aliphatic imine (C=N–C) groups is 1. The van der Waals surface area contributed by atoms with Crippen LogP contribution in [0.2, 0.25) is 0 Å². The molecule has 0 aromatic heterocycles. The predicted molar refractivity (Wildman–Crippen MR) is 99.4 cm³/mol. The average Bonchev–Trinajstić information content (AvgIpc) is 2.65. The fourth-order valence-electron chi connectivity index (χ4n) is 2.77. The van der Waals surface area contributed by atoms with Crippen molar-refractivity contribution in [2.24, 2.45) is 10.9 Å². The lowest BCUT2D eigenvalue weighted by atomic mass is 9.97. The van der Waals surface area contributed by atoms with Gasteiger partial charge in [0.2, 0.25) is 0 Å². The fourth-order valence-corrected chi connectivity index (χ4v) is 3.51. The Hall–Kier alpha value is -1.76. The summed E-state index contributed by atoms with van der Waals surface area (Å²) in [5, 5.41) is 3.32. The number of hydrogen-bond donors (Lipinski definition) is 1. The maximum atomic E-state index is 12.9. The van der Waals surface area contributed by atoms with E-state index < -0.39 is 0 Å². The Morgan fingerprint density at radius 3 is 2.64 bits per heavy atom. The lowest BCUT2D eigenvalue weighted by Gasteiger charge is -2.33. The average molecular weight is 367 g/mol. The van der Waals surface area contributed by atoms with Gasteiger partial charge in [-0.05, 0) is 44.0 Å². The quantitative estimate of drug-likeness (QED) is 0.275. The molecule has 0 bridgehead atoms. The number of esters is 1. The van der Waals surface area contributed by atoms with Crippen molar-refractivity contribution in [2.45, 2.75) is 24.7 Å². The molecule has 1 aromatic carbocycles. The molecule has 0 amide bonds. The van der Waals surface area contributed by atoms with E-state index in [0.717, 1.165) is 49.1 Å². The maximum Gasteiger partial charge on any atom is 0.308 e. The number of piperidine rings is 1. The van der Waals surface area contributed by atoms with Crippen molar-refractivity contribution in [1.29, 1.82) is 0 Å². The van der Waals surface area contributed by atoms with Crippen molar-refractivity contribution in [3.05, 3.63) is 30.1 Å². The third-order valence-electron chi connectivity index (χ3n) is 4.10. The number of thioether (sulfide) groups is 1. The normalized spacial score (nSPS) is 16.0. The van der Waals surface area contributed by atoms with Crippen LogP contribution in [0.1, 0.15) is 19.8 Å². The predicted octanol–water partition coefficient (Wildman–Crippen LogP) is 2.77. The Morgan fingerprint density at radius 1 is 1.36 bits per heavy atom. The number of rotatable bonds is 6. The van der Waals surface area contributed by atoms with E-state index in [2.05, 4.69) is 15.2 Å². The first kappa shape index (κ1) is 19.6. The van der Waals surface area contributed by atoms with Crippen LogP contribution >= 0.6 is 11.8 Å². The minimum atomic E-state index is -0.216. The number of halogens is 1. The zero-order chi connectivity index (χ0) is 18.1. The van der Waals surface area contributed by atoms with E-state index >= 15 is 0 Å². The van der Waals surface area contributed by atoms with Crippen LogP contribution in [0.4, 0.5) is 4.39 Å². The zero-order valence-corrected chi connectivity index (χ0v) is 15.7. The van der Waals surface area contributed by atoms with Crippen LogP contribution in [0.5, 0.6) is 0 Å². The molecule has 2 rings (SSSR count). The first-order chi connectivity index (χ1) is 12.1. The van der Waals surface area contributed by atoms with Gasteiger partial charge in [-0.1, -0.05) is 0 Å². The van der Waals surface area contributed by atoms with Crippen LogP contribution in [-0.2, 0) is 9.53 Å². The van der Waals surface area contributed by atoms with Gasteiger partial charge in [0.1, 0.15) is 5.82 Å². The standard InChI is InChI=1S/C18H26FN3O2S/c1-3-20-18(22-11-8-14(9-12-22)17(23)24-2)21-10-13-25-16-6-4-15(19)5-7-16/h4-7,14H,3,8-13H2,1-2H3,(H,20,21). The van der Waals surface area contributed by atoms with Crippen LogP contribution in [0.25, 0.3) is 0 Å². The number of hydrogen-bond acceptors (Lipinski definition) is 4. The summed E-state index contributed by atoms with van der Waals surface area (Å²) in [4.78, 5) is 19.5. The highest BCUT2D eigenvalue weighted by molar-refractivity contribution is 7.99. The maximum absolute atomic E-state index is 12.9. The van der Waals surface area contributed by atoms with Crippen LogP contribution in [0.15, 0.2) is 34.2 Å². The molecule has 7 heteroatoms. The topological polar surface area (TPSA) is 53.9 Å². The third-order valence-corrected chi connectivity index (χ3v) is 5.09. The first-order valence-corrected chi connectivity index (χ1v) is 9.62. The highest BCUT2D eigenvalue weighted by Crippen LogP contribution is 2.19. The van der Waals surface area contributed by atoms with E-state index in [9.17, 15) is 9.18 Å². The van der Waals surface area contributed by atoms with Crippen LogP contribution < -0.4 is 5.32 Å². The minimum Gasteiger partial charge on any atom is -0.469 e.